The third-order valence-electron chi connectivity index (χ3n) is 5.71. The van der Waals surface area contributed by atoms with E-state index >= 15 is 0 Å². The van der Waals surface area contributed by atoms with Crippen LogP contribution in [-0.2, 0) is 16.1 Å². The van der Waals surface area contributed by atoms with E-state index in [-0.39, 0.29) is 47.4 Å². The summed E-state index contributed by atoms with van der Waals surface area (Å²) in [7, 11) is 0. The smallest absolute Gasteiger partial charge is 0.360 e. The van der Waals surface area contributed by atoms with Crippen LogP contribution in [0.5, 0.6) is 0 Å². The number of nitriles is 2. The molecule has 1 unspecified atom stereocenters. The molecule has 2 amide bonds. The van der Waals surface area contributed by atoms with Gasteiger partial charge in [0, 0.05) is 24.1 Å². The fourth-order valence-electron chi connectivity index (χ4n) is 4.00. The number of benzene rings is 1. The molecule has 3 rings (SSSR count). The summed E-state index contributed by atoms with van der Waals surface area (Å²) in [4.78, 5) is 38.6. The van der Waals surface area contributed by atoms with E-state index in [1.165, 1.54) is 10.8 Å². The number of hydrogen-bond donors (Lipinski definition) is 3. The number of aromatic nitrogens is 1. The van der Waals surface area contributed by atoms with E-state index in [1.54, 1.807) is 43.3 Å². The molecule has 0 spiro atoms. The van der Waals surface area contributed by atoms with Crippen molar-refractivity contribution in [2.75, 3.05) is 30.3 Å². The van der Waals surface area contributed by atoms with Crippen molar-refractivity contribution < 1.29 is 22.8 Å². The van der Waals surface area contributed by atoms with Crippen LogP contribution in [0.3, 0.4) is 0 Å². The van der Waals surface area contributed by atoms with E-state index in [0.29, 0.717) is 17.8 Å². The molecule has 1 saturated heterocycles. The Morgan fingerprint density at radius 1 is 1.26 bits per heavy atom. The van der Waals surface area contributed by atoms with Crippen LogP contribution in [0, 0.1) is 22.7 Å². The second-order valence-electron chi connectivity index (χ2n) is 8.24. The summed E-state index contributed by atoms with van der Waals surface area (Å²) in [5, 5.41) is 25.9. The Bertz CT molecular complexity index is 1470. The first-order chi connectivity index (χ1) is 18.1. The van der Waals surface area contributed by atoms with Crippen molar-refractivity contribution >= 4 is 46.3 Å². The molecule has 1 aliphatic heterocycles. The van der Waals surface area contributed by atoms with Crippen LogP contribution in [0.4, 0.5) is 24.5 Å². The van der Waals surface area contributed by atoms with Crippen molar-refractivity contribution in [2.24, 2.45) is 0 Å². The van der Waals surface area contributed by atoms with Gasteiger partial charge in [-0.2, -0.15) is 23.7 Å². The summed E-state index contributed by atoms with van der Waals surface area (Å²) in [6.45, 7) is 1.39. The fraction of sp³-hybridized carbons (Fsp3) is 0.375. The highest BCUT2D eigenvalue weighted by atomic mass is 32.1. The number of rotatable bonds is 8. The van der Waals surface area contributed by atoms with Crippen LogP contribution >= 0.6 is 11.3 Å². The molecule has 2 aromatic rings. The average Bonchev–Trinajstić information content (AvgIpc) is 3.46. The molecular weight excluding hydrogens is 523 g/mol. The normalized spacial score (nSPS) is 16.9. The largest absolute Gasteiger partial charge is 0.404 e. The van der Waals surface area contributed by atoms with Gasteiger partial charge in [-0.25, -0.2) is 0 Å². The van der Waals surface area contributed by atoms with Gasteiger partial charge in [0.15, 0.2) is 5.57 Å². The van der Waals surface area contributed by atoms with Gasteiger partial charge in [0.1, 0.15) is 27.9 Å². The highest BCUT2D eigenvalue weighted by Gasteiger charge is 2.46. The Kier molecular flexibility index (Phi) is 9.28. The van der Waals surface area contributed by atoms with Gasteiger partial charge >= 0.3 is 6.18 Å². The minimum atomic E-state index is -4.39. The number of hydrogen-bond acceptors (Lipinski definition) is 8. The molecule has 0 radical (unpaired) electrons. The molecule has 1 fully saturated rings. The van der Waals surface area contributed by atoms with Gasteiger partial charge in [-0.15, -0.1) is 11.3 Å². The third-order valence-corrected chi connectivity index (χ3v) is 6.84. The molecule has 10 nitrogen and oxygen atoms in total. The monoisotopic (exact) mass is 547 g/mol. The number of carbonyl (C=O) groups is 2. The zero-order chi connectivity index (χ0) is 27.9. The number of likely N-dealkylation sites (tertiary alicyclic amines) is 1. The summed E-state index contributed by atoms with van der Waals surface area (Å²) in [5.41, 5.74) is 0.100. The second-order valence-corrected chi connectivity index (χ2v) is 9.27. The second kappa shape index (κ2) is 12.4. The number of nitrogens with zero attached hydrogens (tertiary/aromatic N) is 4. The van der Waals surface area contributed by atoms with Gasteiger partial charge in [0.05, 0.1) is 12.6 Å². The average molecular weight is 548 g/mol. The van der Waals surface area contributed by atoms with Gasteiger partial charge in [-0.05, 0) is 44.5 Å². The summed E-state index contributed by atoms with van der Waals surface area (Å²) < 4.78 is 41.0. The Hall–Kier alpha value is -4.14. The molecule has 1 atom stereocenters. The Morgan fingerprint density at radius 3 is 2.66 bits per heavy atom. The van der Waals surface area contributed by atoms with E-state index in [1.807, 2.05) is 0 Å². The topological polar surface area (TPSA) is 143 Å². The van der Waals surface area contributed by atoms with Crippen LogP contribution in [0.1, 0.15) is 19.8 Å². The molecule has 3 N–H and O–H groups in total. The van der Waals surface area contributed by atoms with Gasteiger partial charge in [-0.3, -0.25) is 23.9 Å². The van der Waals surface area contributed by atoms with Crippen LogP contribution in [-0.4, -0.2) is 53.1 Å². The minimum absolute atomic E-state index is 0.0334. The van der Waals surface area contributed by atoms with E-state index in [4.69, 9.17) is 5.26 Å². The van der Waals surface area contributed by atoms with E-state index in [0.717, 1.165) is 16.2 Å². The molecule has 38 heavy (non-hydrogen) atoms. The predicted octanol–water partition coefficient (Wildman–Crippen LogP) is 1.06. The number of carbonyl (C=O) groups excluding carboxylic acids is 2. The summed E-state index contributed by atoms with van der Waals surface area (Å²) in [6.07, 6.45) is -2.66. The Morgan fingerprint density at radius 2 is 2.00 bits per heavy atom. The summed E-state index contributed by atoms with van der Waals surface area (Å²) in [5.74, 6) is -1.35. The maximum absolute atomic E-state index is 13.1. The number of nitrogens with one attached hydrogen (secondary N) is 3. The molecule has 1 aromatic carbocycles. The van der Waals surface area contributed by atoms with Gasteiger partial charge in [-0.1, -0.05) is 6.07 Å². The van der Waals surface area contributed by atoms with Crippen molar-refractivity contribution in [1.29, 1.82) is 10.5 Å². The van der Waals surface area contributed by atoms with Crippen LogP contribution in [0.15, 0.2) is 29.1 Å². The molecule has 1 aliphatic rings. The van der Waals surface area contributed by atoms with Gasteiger partial charge < -0.3 is 16.0 Å². The Balaban J connectivity index is 1.79. The zero-order valence-electron chi connectivity index (χ0n) is 20.3. The fourth-order valence-corrected chi connectivity index (χ4v) is 5.09. The highest BCUT2D eigenvalue weighted by molar-refractivity contribution is 7.07. The van der Waals surface area contributed by atoms with E-state index < -0.39 is 29.6 Å². The maximum atomic E-state index is 13.1. The minimum Gasteiger partial charge on any atom is -0.360 e. The molecule has 0 aliphatic carbocycles. The van der Waals surface area contributed by atoms with Crippen LogP contribution < -0.4 is 30.7 Å². The van der Waals surface area contributed by atoms with Crippen molar-refractivity contribution in [1.82, 2.24) is 14.8 Å². The SMILES string of the molecule is CCn1c(=O)/c(=C\Nc2cccc(NC(=O)CN3CCCC3C(F)(F)F)c2)s/c1=C(/C#N)C(=O)NCC#N. The lowest BCUT2D eigenvalue weighted by atomic mass is 10.2. The Labute approximate surface area is 219 Å². The van der Waals surface area contributed by atoms with Gasteiger partial charge in [0.2, 0.25) is 5.91 Å². The van der Waals surface area contributed by atoms with E-state index in [2.05, 4.69) is 16.0 Å². The first-order valence-electron chi connectivity index (χ1n) is 11.6. The van der Waals surface area contributed by atoms with Crippen molar-refractivity contribution in [3.8, 4) is 12.1 Å². The lowest BCUT2D eigenvalue weighted by molar-refractivity contribution is -0.176. The number of halogens is 3. The van der Waals surface area contributed by atoms with Crippen molar-refractivity contribution in [3.63, 3.8) is 0 Å². The molecular formula is C24H24F3N7O3S. The molecule has 14 heteroatoms. The van der Waals surface area contributed by atoms with Gasteiger partial charge in [0.25, 0.3) is 11.5 Å². The number of thiazole rings is 1. The van der Waals surface area contributed by atoms with Crippen molar-refractivity contribution in [3.05, 3.63) is 43.8 Å². The van der Waals surface area contributed by atoms with Crippen molar-refractivity contribution in [2.45, 2.75) is 38.5 Å². The van der Waals surface area contributed by atoms with Crippen LogP contribution in [0.25, 0.3) is 11.8 Å². The molecule has 1 aromatic heterocycles. The summed E-state index contributed by atoms with van der Waals surface area (Å²) >= 11 is 0.921. The zero-order valence-corrected chi connectivity index (χ0v) is 21.1. The quantitative estimate of drug-likeness (QED) is 0.420. The first kappa shape index (κ1) is 28.4. The predicted molar refractivity (Wildman–Crippen MR) is 135 cm³/mol. The lowest BCUT2D eigenvalue weighted by Gasteiger charge is -2.25. The molecule has 2 heterocycles. The highest BCUT2D eigenvalue weighted by Crippen LogP contribution is 2.32. The number of alkyl halides is 3. The van der Waals surface area contributed by atoms with E-state index in [9.17, 15) is 32.8 Å². The first-order valence-corrected chi connectivity index (χ1v) is 12.4. The maximum Gasteiger partial charge on any atom is 0.404 e. The third kappa shape index (κ3) is 6.79. The standard InChI is InChI=1S/C24H24F3N7O3S/c1-2-34-22(37)18(38-23(34)17(12-29)21(36)30-9-8-28)13-31-15-5-3-6-16(11-15)32-20(35)14-33-10-4-7-19(33)24(25,26)27/h3,5-6,11,13,19,31H,2,4,7,9-10,14H2,1H3,(H,30,36)(H,32,35)/b18-13+,23-17-. The number of anilines is 2. The summed E-state index contributed by atoms with van der Waals surface area (Å²) in [6, 6.07) is 8.30. The van der Waals surface area contributed by atoms with Crippen LogP contribution in [0.2, 0.25) is 0 Å². The number of amides is 2. The lowest BCUT2D eigenvalue weighted by Crippen LogP contribution is -2.44. The molecule has 200 valence electrons. The molecule has 0 saturated carbocycles. The molecule has 0 bridgehead atoms.